The molecule has 1 aliphatic rings. The van der Waals surface area contributed by atoms with Gasteiger partial charge in [-0.2, -0.15) is 0 Å². The van der Waals surface area contributed by atoms with E-state index in [2.05, 4.69) is 34.6 Å². The maximum atomic E-state index is 13.0. The molecule has 7 nitrogen and oxygen atoms in total. The number of hydrogen-bond acceptors (Lipinski definition) is 4. The van der Waals surface area contributed by atoms with E-state index in [0.717, 1.165) is 18.4 Å². The quantitative estimate of drug-likeness (QED) is 0.615. The van der Waals surface area contributed by atoms with Crippen molar-refractivity contribution in [3.8, 4) is 0 Å². The highest BCUT2D eigenvalue weighted by atomic mass is 16.2. The summed E-state index contributed by atoms with van der Waals surface area (Å²) >= 11 is 0. The summed E-state index contributed by atoms with van der Waals surface area (Å²) in [7, 11) is 0. The zero-order chi connectivity index (χ0) is 21.8. The van der Waals surface area contributed by atoms with Crippen LogP contribution in [0.25, 0.3) is 10.8 Å². The number of benzene rings is 2. The lowest BCUT2D eigenvalue weighted by Crippen LogP contribution is -2.46. The molecule has 1 aromatic heterocycles. The van der Waals surface area contributed by atoms with Crippen LogP contribution in [0.2, 0.25) is 0 Å². The molecule has 1 atom stereocenters. The van der Waals surface area contributed by atoms with E-state index >= 15 is 0 Å². The largest absolute Gasteiger partial charge is 0.343 e. The fourth-order valence-corrected chi connectivity index (χ4v) is 4.40. The smallest absolute Gasteiger partial charge is 0.276 e. The lowest BCUT2D eigenvalue weighted by molar-refractivity contribution is -0.136. The van der Waals surface area contributed by atoms with E-state index in [9.17, 15) is 9.59 Å². The molecule has 0 radical (unpaired) electrons. The Hall–Kier alpha value is -3.22. The summed E-state index contributed by atoms with van der Waals surface area (Å²) in [6.07, 6.45) is 3.36. The number of nitrogens with zero attached hydrogens (tertiary/aromatic N) is 5. The van der Waals surface area contributed by atoms with Crippen molar-refractivity contribution in [1.29, 1.82) is 0 Å². The minimum Gasteiger partial charge on any atom is -0.343 e. The highest BCUT2D eigenvalue weighted by Gasteiger charge is 2.31. The van der Waals surface area contributed by atoms with Gasteiger partial charge >= 0.3 is 0 Å². The Morgan fingerprint density at radius 3 is 2.68 bits per heavy atom. The molecule has 31 heavy (non-hydrogen) atoms. The van der Waals surface area contributed by atoms with E-state index in [4.69, 9.17) is 0 Å². The van der Waals surface area contributed by atoms with Gasteiger partial charge in [0.05, 0.1) is 18.7 Å². The molecule has 0 spiro atoms. The lowest BCUT2D eigenvalue weighted by atomic mass is 9.96. The Balaban J connectivity index is 1.46. The van der Waals surface area contributed by atoms with E-state index < -0.39 is 0 Å². The van der Waals surface area contributed by atoms with E-state index in [1.165, 1.54) is 10.8 Å². The Morgan fingerprint density at radius 2 is 1.87 bits per heavy atom. The first kappa shape index (κ1) is 21.0. The average molecular weight is 420 g/mol. The fourth-order valence-electron chi connectivity index (χ4n) is 4.40. The summed E-state index contributed by atoms with van der Waals surface area (Å²) in [5.41, 5.74) is 1.46. The molecule has 2 heterocycles. The third-order valence-electron chi connectivity index (χ3n) is 6.10. The van der Waals surface area contributed by atoms with Crippen LogP contribution in [0.3, 0.4) is 0 Å². The summed E-state index contributed by atoms with van der Waals surface area (Å²) in [5, 5.41) is 10.7. The second-order valence-corrected chi connectivity index (χ2v) is 8.04. The summed E-state index contributed by atoms with van der Waals surface area (Å²) < 4.78 is 1.71. The van der Waals surface area contributed by atoms with Gasteiger partial charge in [-0.1, -0.05) is 47.7 Å². The van der Waals surface area contributed by atoms with E-state index in [-0.39, 0.29) is 17.7 Å². The number of aromatic nitrogens is 3. The normalized spacial score (nSPS) is 16.5. The van der Waals surface area contributed by atoms with Gasteiger partial charge in [0.2, 0.25) is 5.91 Å². The zero-order valence-electron chi connectivity index (χ0n) is 18.2. The van der Waals surface area contributed by atoms with Gasteiger partial charge in [-0.25, -0.2) is 4.68 Å². The molecule has 3 aromatic rings. The molecule has 1 aliphatic heterocycles. The van der Waals surface area contributed by atoms with Gasteiger partial charge in [0.25, 0.3) is 5.91 Å². The molecule has 0 aliphatic carbocycles. The molecule has 2 aromatic carbocycles. The number of carbonyl (C=O) groups excluding carboxylic acids is 2. The molecule has 2 amide bonds. The maximum absolute atomic E-state index is 13.0. The first-order chi connectivity index (χ1) is 15.1. The third kappa shape index (κ3) is 4.45. The van der Waals surface area contributed by atoms with Gasteiger partial charge < -0.3 is 9.80 Å². The van der Waals surface area contributed by atoms with Gasteiger partial charge in [0.15, 0.2) is 5.69 Å². The lowest BCUT2D eigenvalue weighted by Gasteiger charge is -2.34. The van der Waals surface area contributed by atoms with E-state index in [1.54, 1.807) is 15.8 Å². The van der Waals surface area contributed by atoms with Crippen molar-refractivity contribution >= 4 is 22.6 Å². The van der Waals surface area contributed by atoms with Crippen LogP contribution >= 0.6 is 0 Å². The highest BCUT2D eigenvalue weighted by Crippen LogP contribution is 2.21. The minimum absolute atomic E-state index is 0.136. The van der Waals surface area contributed by atoms with Crippen molar-refractivity contribution in [2.45, 2.75) is 33.2 Å². The number of amides is 2. The molecule has 7 heteroatoms. The summed E-state index contributed by atoms with van der Waals surface area (Å²) in [5.74, 6) is -0.147. The zero-order valence-corrected chi connectivity index (χ0v) is 18.2. The summed E-state index contributed by atoms with van der Waals surface area (Å²) in [6.45, 7) is 7.01. The van der Waals surface area contributed by atoms with Crippen molar-refractivity contribution in [1.82, 2.24) is 24.8 Å². The van der Waals surface area contributed by atoms with Crippen LogP contribution in [0.15, 0.2) is 48.7 Å². The van der Waals surface area contributed by atoms with E-state index in [1.807, 2.05) is 36.9 Å². The standard InChI is InChI=1S/C24H29N5O2/c1-3-27(4-2)23(30)20-12-8-14-28(15-20)24(31)22-17-29(26-25-22)16-19-11-7-10-18-9-5-6-13-21(18)19/h5-7,9-11,13,17,20H,3-4,8,12,14-16H2,1-2H3. The number of hydrogen-bond donors (Lipinski definition) is 0. The second-order valence-electron chi connectivity index (χ2n) is 8.04. The van der Waals surface area contributed by atoms with Crippen molar-refractivity contribution in [3.05, 3.63) is 59.9 Å². The maximum Gasteiger partial charge on any atom is 0.276 e. The van der Waals surface area contributed by atoms with Gasteiger partial charge in [0, 0.05) is 26.2 Å². The van der Waals surface area contributed by atoms with Gasteiger partial charge in [-0.3, -0.25) is 9.59 Å². The van der Waals surface area contributed by atoms with Crippen molar-refractivity contribution in [2.24, 2.45) is 5.92 Å². The first-order valence-corrected chi connectivity index (χ1v) is 11.1. The molecule has 1 saturated heterocycles. The number of rotatable bonds is 6. The predicted molar refractivity (Wildman–Crippen MR) is 120 cm³/mol. The average Bonchev–Trinajstić information content (AvgIpc) is 3.28. The monoisotopic (exact) mass is 419 g/mol. The number of likely N-dealkylation sites (tertiary alicyclic amines) is 1. The van der Waals surface area contributed by atoms with Crippen LogP contribution in [-0.4, -0.2) is 62.8 Å². The summed E-state index contributed by atoms with van der Waals surface area (Å²) in [6, 6.07) is 14.4. The van der Waals surface area contributed by atoms with Crippen LogP contribution in [0.5, 0.6) is 0 Å². The Morgan fingerprint density at radius 1 is 1.10 bits per heavy atom. The van der Waals surface area contributed by atoms with Crippen LogP contribution in [0, 0.1) is 5.92 Å². The Labute approximate surface area is 182 Å². The third-order valence-corrected chi connectivity index (χ3v) is 6.10. The Kier molecular flexibility index (Phi) is 6.30. The van der Waals surface area contributed by atoms with Crippen LogP contribution < -0.4 is 0 Å². The summed E-state index contributed by atoms with van der Waals surface area (Å²) in [4.78, 5) is 29.4. The van der Waals surface area contributed by atoms with Crippen molar-refractivity contribution in [3.63, 3.8) is 0 Å². The molecule has 4 rings (SSSR count). The topological polar surface area (TPSA) is 71.3 Å². The van der Waals surface area contributed by atoms with Crippen LogP contribution in [0.1, 0.15) is 42.7 Å². The van der Waals surface area contributed by atoms with Gasteiger partial charge in [-0.15, -0.1) is 5.10 Å². The second kappa shape index (κ2) is 9.29. The van der Waals surface area contributed by atoms with Crippen LogP contribution in [0.4, 0.5) is 0 Å². The molecule has 1 fully saturated rings. The van der Waals surface area contributed by atoms with E-state index in [0.29, 0.717) is 38.4 Å². The molecular weight excluding hydrogens is 390 g/mol. The van der Waals surface area contributed by atoms with Gasteiger partial charge in [-0.05, 0) is 43.0 Å². The molecular formula is C24H29N5O2. The first-order valence-electron chi connectivity index (χ1n) is 11.1. The fraction of sp³-hybridized carbons (Fsp3) is 0.417. The van der Waals surface area contributed by atoms with Crippen molar-refractivity contribution < 1.29 is 9.59 Å². The van der Waals surface area contributed by atoms with Gasteiger partial charge in [0.1, 0.15) is 0 Å². The molecule has 0 bridgehead atoms. The molecule has 162 valence electrons. The Bertz CT molecular complexity index is 1070. The predicted octanol–water partition coefficient (Wildman–Crippen LogP) is 3.20. The highest BCUT2D eigenvalue weighted by molar-refractivity contribution is 5.92. The molecule has 1 unspecified atom stereocenters. The van der Waals surface area contributed by atoms with Crippen LogP contribution in [-0.2, 0) is 11.3 Å². The number of piperidine rings is 1. The molecule has 0 N–H and O–H groups in total. The number of fused-ring (bicyclic) bond motifs is 1. The van der Waals surface area contributed by atoms with Crippen molar-refractivity contribution in [2.75, 3.05) is 26.2 Å². The number of carbonyl (C=O) groups is 2. The minimum atomic E-state index is -0.152. The SMILES string of the molecule is CCN(CC)C(=O)C1CCCN(C(=O)c2cn(Cc3cccc4ccccc34)nn2)C1. The molecule has 0 saturated carbocycles.